The van der Waals surface area contributed by atoms with Crippen LogP contribution in [0.25, 0.3) is 5.76 Å². The fourth-order valence-electron chi connectivity index (χ4n) is 1.77. The lowest BCUT2D eigenvalue weighted by atomic mass is 10.0. The number of primary amides is 1. The average molecular weight is 277 g/mol. The molecule has 1 aliphatic heterocycles. The second-order valence-electron chi connectivity index (χ2n) is 4.09. The Bertz CT molecular complexity index is 620. The molecule has 1 amide bonds. The number of carboxylic acid groups (broad SMARTS) is 1. The van der Waals surface area contributed by atoms with Gasteiger partial charge in [-0.05, 0) is 6.92 Å². The number of benzene rings is 1. The van der Waals surface area contributed by atoms with Gasteiger partial charge < -0.3 is 20.3 Å². The SMILES string of the molecule is CC(=O)c1ccccc1C1=COC(C(N)=O)(C(=O)O)O1. The monoisotopic (exact) mass is 277 g/mol. The van der Waals surface area contributed by atoms with Crippen LogP contribution in [-0.4, -0.2) is 28.6 Å². The Morgan fingerprint density at radius 2 is 1.90 bits per heavy atom. The van der Waals surface area contributed by atoms with Crippen LogP contribution < -0.4 is 5.73 Å². The van der Waals surface area contributed by atoms with Crippen LogP contribution in [0.4, 0.5) is 0 Å². The van der Waals surface area contributed by atoms with Crippen molar-refractivity contribution < 1.29 is 29.0 Å². The summed E-state index contributed by atoms with van der Waals surface area (Å²) in [5.41, 5.74) is 5.64. The van der Waals surface area contributed by atoms with E-state index in [2.05, 4.69) is 0 Å². The van der Waals surface area contributed by atoms with Crippen molar-refractivity contribution in [2.75, 3.05) is 0 Å². The van der Waals surface area contributed by atoms with Gasteiger partial charge >= 0.3 is 17.7 Å². The number of ether oxygens (including phenoxy) is 2. The predicted octanol–water partition coefficient (Wildman–Crippen LogP) is 0.501. The molecule has 0 radical (unpaired) electrons. The first kappa shape index (κ1) is 13.6. The van der Waals surface area contributed by atoms with E-state index >= 15 is 0 Å². The predicted molar refractivity (Wildman–Crippen MR) is 66.2 cm³/mol. The molecule has 2 rings (SSSR count). The maximum absolute atomic E-state index is 11.5. The molecule has 1 aliphatic rings. The van der Waals surface area contributed by atoms with Crippen molar-refractivity contribution in [2.24, 2.45) is 5.73 Å². The maximum Gasteiger partial charge on any atom is 0.433 e. The number of hydrogen-bond acceptors (Lipinski definition) is 5. The van der Waals surface area contributed by atoms with Crippen LogP contribution in [-0.2, 0) is 19.1 Å². The molecule has 0 aliphatic carbocycles. The Hall–Kier alpha value is -2.83. The Morgan fingerprint density at radius 1 is 1.25 bits per heavy atom. The summed E-state index contributed by atoms with van der Waals surface area (Å²) < 4.78 is 9.86. The molecule has 1 aromatic carbocycles. The quantitative estimate of drug-likeness (QED) is 0.611. The number of carbonyl (C=O) groups excluding carboxylic acids is 2. The number of carboxylic acids is 1. The fourth-order valence-corrected chi connectivity index (χ4v) is 1.77. The second-order valence-corrected chi connectivity index (χ2v) is 4.09. The normalized spacial score (nSPS) is 20.6. The molecule has 0 bridgehead atoms. The summed E-state index contributed by atoms with van der Waals surface area (Å²) in [5.74, 6) is -5.85. The van der Waals surface area contributed by atoms with Crippen molar-refractivity contribution in [1.82, 2.24) is 0 Å². The van der Waals surface area contributed by atoms with Crippen molar-refractivity contribution in [3.63, 3.8) is 0 Å². The molecule has 7 heteroatoms. The summed E-state index contributed by atoms with van der Waals surface area (Å²) in [4.78, 5) is 33.9. The highest BCUT2D eigenvalue weighted by Crippen LogP contribution is 2.33. The fraction of sp³-hybridized carbons (Fsp3) is 0.154. The number of Topliss-reactive ketones (excluding diaryl/α,β-unsaturated/α-hetero) is 1. The van der Waals surface area contributed by atoms with Crippen molar-refractivity contribution in [3.05, 3.63) is 41.7 Å². The highest BCUT2D eigenvalue weighted by Gasteiger charge is 2.54. The third-order valence-electron chi connectivity index (χ3n) is 2.76. The topological polar surface area (TPSA) is 116 Å². The van der Waals surface area contributed by atoms with Gasteiger partial charge in [-0.1, -0.05) is 24.3 Å². The molecule has 1 atom stereocenters. The first-order valence-electron chi connectivity index (χ1n) is 5.59. The Balaban J connectivity index is 2.41. The smallest absolute Gasteiger partial charge is 0.433 e. The van der Waals surface area contributed by atoms with Crippen LogP contribution in [0.15, 0.2) is 30.5 Å². The molecule has 1 heterocycles. The molecule has 0 saturated heterocycles. The zero-order chi connectivity index (χ0) is 14.9. The number of amides is 1. The van der Waals surface area contributed by atoms with E-state index in [1.165, 1.54) is 6.92 Å². The largest absolute Gasteiger partial charge is 0.475 e. The molecular formula is C13H11NO6. The minimum atomic E-state index is -2.60. The van der Waals surface area contributed by atoms with Crippen LogP contribution in [0, 0.1) is 0 Å². The zero-order valence-electron chi connectivity index (χ0n) is 10.5. The summed E-state index contributed by atoms with van der Waals surface area (Å²) in [6.45, 7) is 1.35. The zero-order valence-corrected chi connectivity index (χ0v) is 10.5. The van der Waals surface area contributed by atoms with Crippen LogP contribution in [0.5, 0.6) is 0 Å². The van der Waals surface area contributed by atoms with Crippen molar-refractivity contribution in [3.8, 4) is 0 Å². The van der Waals surface area contributed by atoms with Gasteiger partial charge in [0.1, 0.15) is 6.26 Å². The van der Waals surface area contributed by atoms with E-state index in [9.17, 15) is 14.4 Å². The lowest BCUT2D eigenvalue weighted by molar-refractivity contribution is -0.195. The van der Waals surface area contributed by atoms with Gasteiger partial charge in [0.15, 0.2) is 11.5 Å². The molecule has 7 nitrogen and oxygen atoms in total. The van der Waals surface area contributed by atoms with E-state index in [4.69, 9.17) is 20.3 Å². The molecule has 1 unspecified atom stereocenters. The third kappa shape index (κ3) is 1.99. The van der Waals surface area contributed by atoms with E-state index in [0.29, 0.717) is 11.1 Å². The number of aliphatic carboxylic acids is 1. The summed E-state index contributed by atoms with van der Waals surface area (Å²) in [6.07, 6.45) is 0.959. The van der Waals surface area contributed by atoms with E-state index in [0.717, 1.165) is 6.26 Å². The minimum absolute atomic E-state index is 0.0444. The van der Waals surface area contributed by atoms with E-state index < -0.39 is 17.7 Å². The molecular weight excluding hydrogens is 266 g/mol. The van der Waals surface area contributed by atoms with Crippen LogP contribution in [0.1, 0.15) is 22.8 Å². The van der Waals surface area contributed by atoms with Gasteiger partial charge in [-0.2, -0.15) is 0 Å². The molecule has 3 N–H and O–H groups in total. The number of carbonyl (C=O) groups is 3. The van der Waals surface area contributed by atoms with Gasteiger partial charge in [-0.15, -0.1) is 0 Å². The Kier molecular flexibility index (Phi) is 3.19. The summed E-state index contributed by atoms with van der Waals surface area (Å²) in [7, 11) is 0. The highest BCUT2D eigenvalue weighted by molar-refractivity contribution is 6.05. The lowest BCUT2D eigenvalue weighted by Crippen LogP contribution is -2.51. The maximum atomic E-state index is 11.5. The Morgan fingerprint density at radius 3 is 2.40 bits per heavy atom. The molecule has 1 aromatic rings. The molecule has 0 saturated carbocycles. The van der Waals surface area contributed by atoms with Crippen LogP contribution in [0.2, 0.25) is 0 Å². The lowest BCUT2D eigenvalue weighted by Gasteiger charge is -2.20. The van der Waals surface area contributed by atoms with E-state index in [-0.39, 0.29) is 11.5 Å². The first-order chi connectivity index (χ1) is 9.38. The van der Waals surface area contributed by atoms with Gasteiger partial charge in [0.25, 0.3) is 0 Å². The van der Waals surface area contributed by atoms with Gasteiger partial charge in [0, 0.05) is 11.1 Å². The van der Waals surface area contributed by atoms with Crippen LogP contribution in [0.3, 0.4) is 0 Å². The molecule has 20 heavy (non-hydrogen) atoms. The summed E-state index contributed by atoms with van der Waals surface area (Å²) in [6, 6.07) is 6.38. The molecule has 0 fully saturated rings. The van der Waals surface area contributed by atoms with Gasteiger partial charge in [0.05, 0.1) is 0 Å². The van der Waals surface area contributed by atoms with Gasteiger partial charge in [-0.25, -0.2) is 4.79 Å². The van der Waals surface area contributed by atoms with Gasteiger partial charge in [-0.3, -0.25) is 9.59 Å². The molecule has 0 spiro atoms. The molecule has 0 aromatic heterocycles. The molecule has 104 valence electrons. The average Bonchev–Trinajstić information content (AvgIpc) is 2.85. The van der Waals surface area contributed by atoms with E-state index in [1.54, 1.807) is 24.3 Å². The standard InChI is InChI=1S/C13H11NO6/c1-7(15)8-4-2-3-5-9(8)10-6-19-13(20-10,11(14)16)12(17)18/h2-6H,1H3,(H2,14,16)(H,17,18). The first-order valence-corrected chi connectivity index (χ1v) is 5.59. The summed E-state index contributed by atoms with van der Waals surface area (Å²) >= 11 is 0. The Labute approximate surface area is 113 Å². The highest BCUT2D eigenvalue weighted by atomic mass is 16.7. The van der Waals surface area contributed by atoms with Crippen molar-refractivity contribution in [1.29, 1.82) is 0 Å². The number of nitrogens with two attached hydrogens (primary N) is 1. The van der Waals surface area contributed by atoms with Crippen molar-refractivity contribution >= 4 is 23.4 Å². The van der Waals surface area contributed by atoms with E-state index in [1.807, 2.05) is 0 Å². The number of ketones is 1. The summed E-state index contributed by atoms with van der Waals surface area (Å²) in [5, 5.41) is 9.03. The minimum Gasteiger partial charge on any atom is -0.475 e. The van der Waals surface area contributed by atoms with Crippen molar-refractivity contribution in [2.45, 2.75) is 12.7 Å². The number of rotatable bonds is 4. The van der Waals surface area contributed by atoms with Crippen LogP contribution >= 0.6 is 0 Å². The number of hydrogen-bond donors (Lipinski definition) is 2. The van der Waals surface area contributed by atoms with Gasteiger partial charge in [0.2, 0.25) is 0 Å². The second kappa shape index (κ2) is 4.69. The third-order valence-corrected chi connectivity index (χ3v) is 2.76.